The summed E-state index contributed by atoms with van der Waals surface area (Å²) in [6.07, 6.45) is -0.629. The van der Waals surface area contributed by atoms with Gasteiger partial charge < -0.3 is 20.8 Å². The number of amides is 1. The van der Waals surface area contributed by atoms with E-state index in [0.717, 1.165) is 5.56 Å². The summed E-state index contributed by atoms with van der Waals surface area (Å²) in [4.78, 5) is 46.7. The predicted octanol–water partition coefficient (Wildman–Crippen LogP) is 5.03. The van der Waals surface area contributed by atoms with Crippen molar-refractivity contribution in [2.45, 2.75) is 38.1 Å². The van der Waals surface area contributed by atoms with Gasteiger partial charge in [0.05, 0.1) is 28.5 Å². The standard InChI is InChI=1S/C25H25BrCl2N6O6/c1-11-7-17(28)20(8-16(11)27)34-24(38)22(13(3)33-34)32-31-18-5-4-14(6-12(18)2)30-23(37)15(26)10-29-19(25(39)40)9-21(35)36/h4-8,15,19,29,33H,9-10H2,1-3H3,(H,30,37)(H,35,36)(H,39,40). The van der Waals surface area contributed by atoms with Crippen LogP contribution in [-0.2, 0) is 14.4 Å². The molecule has 1 heterocycles. The number of anilines is 1. The molecule has 0 fully saturated rings. The van der Waals surface area contributed by atoms with Gasteiger partial charge >= 0.3 is 11.9 Å². The summed E-state index contributed by atoms with van der Waals surface area (Å²) in [5.41, 5.74) is 2.79. The lowest BCUT2D eigenvalue weighted by Crippen LogP contribution is -2.43. The molecular weight excluding hydrogens is 631 g/mol. The van der Waals surface area contributed by atoms with E-state index in [9.17, 15) is 19.2 Å². The average Bonchev–Trinajstić information content (AvgIpc) is 3.15. The molecule has 0 spiro atoms. The van der Waals surface area contributed by atoms with E-state index < -0.39 is 40.7 Å². The number of aromatic amines is 1. The van der Waals surface area contributed by atoms with Crippen molar-refractivity contribution in [3.8, 4) is 5.69 Å². The Morgan fingerprint density at radius 2 is 1.75 bits per heavy atom. The van der Waals surface area contributed by atoms with Crippen LogP contribution < -0.4 is 16.2 Å². The molecule has 2 atom stereocenters. The van der Waals surface area contributed by atoms with Crippen molar-refractivity contribution in [2.24, 2.45) is 10.2 Å². The lowest BCUT2D eigenvalue weighted by molar-refractivity contribution is -0.145. The van der Waals surface area contributed by atoms with E-state index in [1.165, 1.54) is 4.68 Å². The van der Waals surface area contributed by atoms with Crippen LogP contribution >= 0.6 is 39.1 Å². The van der Waals surface area contributed by atoms with E-state index in [0.29, 0.717) is 38.4 Å². The summed E-state index contributed by atoms with van der Waals surface area (Å²) >= 11 is 15.7. The molecule has 40 heavy (non-hydrogen) atoms. The predicted molar refractivity (Wildman–Crippen MR) is 154 cm³/mol. The Morgan fingerprint density at radius 1 is 1.05 bits per heavy atom. The zero-order valence-corrected chi connectivity index (χ0v) is 24.6. The summed E-state index contributed by atoms with van der Waals surface area (Å²) in [6, 6.07) is 6.76. The molecule has 212 valence electrons. The topological polar surface area (TPSA) is 178 Å². The van der Waals surface area contributed by atoms with Crippen molar-refractivity contribution < 1.29 is 24.6 Å². The van der Waals surface area contributed by atoms with Crippen LogP contribution in [0.2, 0.25) is 10.0 Å². The average molecular weight is 656 g/mol. The first-order valence-electron chi connectivity index (χ1n) is 11.7. The number of carbonyl (C=O) groups excluding carboxylic acids is 1. The zero-order chi connectivity index (χ0) is 29.7. The summed E-state index contributed by atoms with van der Waals surface area (Å²) in [5.74, 6) is -3.08. The molecule has 0 aliphatic heterocycles. The number of azo groups is 1. The number of carboxylic acids is 2. The van der Waals surface area contributed by atoms with Gasteiger partial charge in [0.1, 0.15) is 10.9 Å². The Balaban J connectivity index is 1.71. The highest BCUT2D eigenvalue weighted by molar-refractivity contribution is 9.10. The van der Waals surface area contributed by atoms with Crippen LogP contribution in [0.1, 0.15) is 23.2 Å². The normalized spacial score (nSPS) is 12.8. The largest absolute Gasteiger partial charge is 0.481 e. The SMILES string of the molecule is Cc1cc(Cl)c(-n2[nH]c(C)c(N=Nc3ccc(NC(=O)C(Br)CNC(CC(=O)O)C(=O)O)cc3C)c2=O)cc1Cl. The van der Waals surface area contributed by atoms with Crippen molar-refractivity contribution in [2.75, 3.05) is 11.9 Å². The first kappa shape index (κ1) is 31.0. The molecule has 1 aromatic heterocycles. The van der Waals surface area contributed by atoms with Crippen molar-refractivity contribution in [3.05, 3.63) is 67.6 Å². The maximum atomic E-state index is 13.0. The monoisotopic (exact) mass is 654 g/mol. The third-order valence-electron chi connectivity index (χ3n) is 5.74. The summed E-state index contributed by atoms with van der Waals surface area (Å²) in [5, 5.41) is 35.2. The maximum absolute atomic E-state index is 13.0. The van der Waals surface area contributed by atoms with Gasteiger partial charge in [-0.1, -0.05) is 39.1 Å². The van der Waals surface area contributed by atoms with E-state index in [1.807, 2.05) is 0 Å². The van der Waals surface area contributed by atoms with Crippen LogP contribution in [0.4, 0.5) is 17.1 Å². The second-order valence-electron chi connectivity index (χ2n) is 8.83. The fourth-order valence-electron chi connectivity index (χ4n) is 3.56. The molecular formula is C25H25BrCl2N6O6. The molecule has 1 amide bonds. The van der Waals surface area contributed by atoms with Crippen LogP contribution in [0.25, 0.3) is 5.69 Å². The molecule has 12 nitrogen and oxygen atoms in total. The van der Waals surface area contributed by atoms with E-state index >= 15 is 0 Å². The first-order valence-corrected chi connectivity index (χ1v) is 13.4. The smallest absolute Gasteiger partial charge is 0.321 e. The van der Waals surface area contributed by atoms with E-state index in [1.54, 1.807) is 51.1 Å². The first-order chi connectivity index (χ1) is 18.8. The number of hydrogen-bond donors (Lipinski definition) is 5. The van der Waals surface area contributed by atoms with Gasteiger partial charge in [-0.3, -0.25) is 24.3 Å². The number of carboxylic acid groups (broad SMARTS) is 2. The van der Waals surface area contributed by atoms with Gasteiger partial charge in [0.25, 0.3) is 5.56 Å². The Labute approximate surface area is 246 Å². The molecule has 15 heteroatoms. The minimum atomic E-state index is -1.34. The molecule has 3 aromatic rings. The Kier molecular flexibility index (Phi) is 10.3. The lowest BCUT2D eigenvalue weighted by atomic mass is 10.2. The molecule has 3 rings (SSSR count). The van der Waals surface area contributed by atoms with Crippen LogP contribution in [0.5, 0.6) is 0 Å². The highest BCUT2D eigenvalue weighted by Gasteiger charge is 2.23. The number of nitrogens with zero attached hydrogens (tertiary/aromatic N) is 3. The molecule has 0 aliphatic carbocycles. The van der Waals surface area contributed by atoms with Gasteiger partial charge in [0.2, 0.25) is 5.91 Å². The number of aryl methyl sites for hydroxylation is 3. The van der Waals surface area contributed by atoms with Gasteiger partial charge in [-0.05, 0) is 62.2 Å². The second-order valence-corrected chi connectivity index (χ2v) is 10.8. The fourth-order valence-corrected chi connectivity index (χ4v) is 4.32. The molecule has 0 radical (unpaired) electrons. The number of hydrogen-bond acceptors (Lipinski definition) is 7. The molecule has 2 aromatic carbocycles. The number of aliphatic carboxylic acids is 2. The number of halogens is 3. The molecule has 0 saturated carbocycles. The highest BCUT2D eigenvalue weighted by atomic mass is 79.9. The van der Waals surface area contributed by atoms with Crippen molar-refractivity contribution >= 4 is 74.0 Å². The Bertz CT molecular complexity index is 1550. The number of aromatic nitrogens is 2. The number of nitrogens with one attached hydrogen (secondary N) is 3. The van der Waals surface area contributed by atoms with E-state index in [-0.39, 0.29) is 12.2 Å². The Hall–Kier alpha value is -3.52. The van der Waals surface area contributed by atoms with Crippen molar-refractivity contribution in [1.82, 2.24) is 15.1 Å². The minimum absolute atomic E-state index is 0.0849. The highest BCUT2D eigenvalue weighted by Crippen LogP contribution is 2.29. The molecule has 0 aliphatic rings. The molecule has 2 unspecified atom stereocenters. The lowest BCUT2D eigenvalue weighted by Gasteiger charge is -2.16. The summed E-state index contributed by atoms with van der Waals surface area (Å²) in [6.45, 7) is 5.11. The fraction of sp³-hybridized carbons (Fsp3) is 0.280. The maximum Gasteiger partial charge on any atom is 0.321 e. The number of alkyl halides is 1. The van der Waals surface area contributed by atoms with Gasteiger partial charge in [-0.15, -0.1) is 5.11 Å². The van der Waals surface area contributed by atoms with Gasteiger partial charge in [-0.25, -0.2) is 4.68 Å². The zero-order valence-electron chi connectivity index (χ0n) is 21.5. The van der Waals surface area contributed by atoms with Gasteiger partial charge in [-0.2, -0.15) is 5.11 Å². The third-order valence-corrected chi connectivity index (χ3v) is 7.19. The quantitative estimate of drug-likeness (QED) is 0.142. The minimum Gasteiger partial charge on any atom is -0.481 e. The number of H-pyrrole nitrogens is 1. The van der Waals surface area contributed by atoms with Gasteiger partial charge in [0.15, 0.2) is 5.69 Å². The van der Waals surface area contributed by atoms with E-state index in [4.69, 9.17) is 33.4 Å². The number of carbonyl (C=O) groups is 3. The van der Waals surface area contributed by atoms with E-state index in [2.05, 4.69) is 41.9 Å². The van der Waals surface area contributed by atoms with Crippen LogP contribution in [0, 0.1) is 20.8 Å². The summed E-state index contributed by atoms with van der Waals surface area (Å²) in [7, 11) is 0. The third kappa shape index (κ3) is 7.56. The second kappa shape index (κ2) is 13.2. The van der Waals surface area contributed by atoms with Crippen molar-refractivity contribution in [3.63, 3.8) is 0 Å². The van der Waals surface area contributed by atoms with Crippen LogP contribution in [-0.4, -0.2) is 55.3 Å². The Morgan fingerprint density at radius 3 is 2.38 bits per heavy atom. The van der Waals surface area contributed by atoms with Crippen LogP contribution in [0.15, 0.2) is 45.4 Å². The number of rotatable bonds is 11. The van der Waals surface area contributed by atoms with Crippen LogP contribution in [0.3, 0.4) is 0 Å². The molecule has 0 bridgehead atoms. The number of benzene rings is 2. The van der Waals surface area contributed by atoms with Crippen molar-refractivity contribution in [1.29, 1.82) is 0 Å². The van der Waals surface area contributed by atoms with Gasteiger partial charge in [0, 0.05) is 17.3 Å². The molecule has 0 saturated heterocycles. The summed E-state index contributed by atoms with van der Waals surface area (Å²) < 4.78 is 1.24. The molecule has 5 N–H and O–H groups in total.